The lowest BCUT2D eigenvalue weighted by Crippen LogP contribution is -2.17. The third kappa shape index (κ3) is 2.32. The molecule has 0 bridgehead atoms. The predicted octanol–water partition coefficient (Wildman–Crippen LogP) is 2.78. The highest BCUT2D eigenvalue weighted by molar-refractivity contribution is 6.35. The normalized spacial score (nSPS) is 12.5. The Kier molecular flexibility index (Phi) is 3.80. The quantitative estimate of drug-likeness (QED) is 0.944. The maximum absolute atomic E-state index is 6.22. The van der Waals surface area contributed by atoms with E-state index in [2.05, 4.69) is 5.10 Å². The topological polar surface area (TPSA) is 53.1 Å². The molecule has 0 aliphatic heterocycles. The summed E-state index contributed by atoms with van der Waals surface area (Å²) in [4.78, 5) is 0. The Morgan fingerprint density at radius 3 is 2.72 bits per heavy atom. The second kappa shape index (κ2) is 5.18. The van der Waals surface area contributed by atoms with Gasteiger partial charge in [0.1, 0.15) is 5.69 Å². The number of aromatic nitrogens is 2. The van der Waals surface area contributed by atoms with E-state index in [1.165, 1.54) is 0 Å². The van der Waals surface area contributed by atoms with Gasteiger partial charge in [-0.3, -0.25) is 4.68 Å². The minimum atomic E-state index is -0.419. The summed E-state index contributed by atoms with van der Waals surface area (Å²) in [6.45, 7) is 0. The van der Waals surface area contributed by atoms with Crippen LogP contribution in [0.25, 0.3) is 0 Å². The molecule has 6 heteroatoms. The second-order valence-corrected chi connectivity index (χ2v) is 4.71. The van der Waals surface area contributed by atoms with Crippen LogP contribution >= 0.6 is 23.2 Å². The molecule has 0 aliphatic carbocycles. The molecule has 0 saturated heterocycles. The van der Waals surface area contributed by atoms with Crippen molar-refractivity contribution >= 4 is 23.2 Å². The molecule has 96 valence electrons. The molecule has 1 unspecified atom stereocenters. The molecular weight excluding hydrogens is 273 g/mol. The molecule has 2 rings (SSSR count). The number of hydrogen-bond acceptors (Lipinski definition) is 3. The Bertz CT molecular complexity index is 568. The van der Waals surface area contributed by atoms with E-state index in [4.69, 9.17) is 33.7 Å². The zero-order chi connectivity index (χ0) is 13.3. The van der Waals surface area contributed by atoms with Crippen LogP contribution in [0.4, 0.5) is 0 Å². The second-order valence-electron chi connectivity index (χ2n) is 3.87. The molecule has 1 heterocycles. The van der Waals surface area contributed by atoms with E-state index in [9.17, 15) is 0 Å². The number of benzene rings is 1. The number of rotatable bonds is 3. The van der Waals surface area contributed by atoms with Gasteiger partial charge in [-0.1, -0.05) is 29.3 Å². The number of nitrogens with zero attached hydrogens (tertiary/aromatic N) is 2. The molecule has 1 atom stereocenters. The fraction of sp³-hybridized carbons (Fsp3) is 0.250. The first-order chi connectivity index (χ1) is 8.54. The largest absolute Gasteiger partial charge is 0.493 e. The molecule has 1 aromatic heterocycles. The van der Waals surface area contributed by atoms with Gasteiger partial charge in [0, 0.05) is 17.1 Å². The Morgan fingerprint density at radius 1 is 1.39 bits per heavy atom. The minimum Gasteiger partial charge on any atom is -0.493 e. The molecule has 2 aromatic rings. The van der Waals surface area contributed by atoms with Gasteiger partial charge in [0.25, 0.3) is 0 Å². The van der Waals surface area contributed by atoms with Gasteiger partial charge in [0.15, 0.2) is 5.75 Å². The van der Waals surface area contributed by atoms with Crippen LogP contribution in [-0.2, 0) is 7.05 Å². The molecule has 0 amide bonds. The molecule has 0 fully saturated rings. The van der Waals surface area contributed by atoms with Crippen LogP contribution < -0.4 is 10.5 Å². The monoisotopic (exact) mass is 285 g/mol. The number of hydrogen-bond donors (Lipinski definition) is 1. The van der Waals surface area contributed by atoms with Crippen molar-refractivity contribution in [3.05, 3.63) is 45.7 Å². The van der Waals surface area contributed by atoms with Gasteiger partial charge in [0.05, 0.1) is 19.3 Å². The van der Waals surface area contributed by atoms with E-state index in [1.807, 2.05) is 13.1 Å². The van der Waals surface area contributed by atoms with Gasteiger partial charge in [0.2, 0.25) is 0 Å². The SMILES string of the molecule is COc1cnn(C)c1C(N)c1ccc(Cl)cc1Cl. The number of halogens is 2. The van der Waals surface area contributed by atoms with Crippen molar-refractivity contribution in [3.63, 3.8) is 0 Å². The number of methoxy groups -OCH3 is 1. The summed E-state index contributed by atoms with van der Waals surface area (Å²) >= 11 is 12.0. The van der Waals surface area contributed by atoms with Crippen LogP contribution in [0.15, 0.2) is 24.4 Å². The first-order valence-corrected chi connectivity index (χ1v) is 6.06. The average molecular weight is 286 g/mol. The lowest BCUT2D eigenvalue weighted by molar-refractivity contribution is 0.406. The molecule has 0 spiro atoms. The molecule has 18 heavy (non-hydrogen) atoms. The smallest absolute Gasteiger partial charge is 0.161 e. The van der Waals surface area contributed by atoms with Crippen LogP contribution in [-0.4, -0.2) is 16.9 Å². The van der Waals surface area contributed by atoms with E-state index < -0.39 is 6.04 Å². The third-order valence-corrected chi connectivity index (χ3v) is 3.32. The summed E-state index contributed by atoms with van der Waals surface area (Å²) < 4.78 is 6.91. The van der Waals surface area contributed by atoms with E-state index in [0.29, 0.717) is 15.8 Å². The molecule has 0 radical (unpaired) electrons. The van der Waals surface area contributed by atoms with Gasteiger partial charge in [-0.2, -0.15) is 5.10 Å². The lowest BCUT2D eigenvalue weighted by Gasteiger charge is -2.15. The van der Waals surface area contributed by atoms with Crippen molar-refractivity contribution in [3.8, 4) is 5.75 Å². The molecule has 0 aliphatic rings. The number of aryl methyl sites for hydroxylation is 1. The molecule has 0 saturated carbocycles. The summed E-state index contributed by atoms with van der Waals surface area (Å²) in [7, 11) is 3.39. The molecule has 2 N–H and O–H groups in total. The van der Waals surface area contributed by atoms with E-state index in [-0.39, 0.29) is 0 Å². The maximum atomic E-state index is 6.22. The van der Waals surface area contributed by atoms with Crippen LogP contribution in [0.2, 0.25) is 10.0 Å². The highest BCUT2D eigenvalue weighted by Crippen LogP contribution is 2.32. The van der Waals surface area contributed by atoms with E-state index in [1.54, 1.807) is 30.1 Å². The third-order valence-electron chi connectivity index (χ3n) is 2.76. The Labute approximate surface area is 115 Å². The van der Waals surface area contributed by atoms with Crippen LogP contribution in [0.1, 0.15) is 17.3 Å². The summed E-state index contributed by atoms with van der Waals surface area (Å²) in [5, 5.41) is 5.23. The molecular formula is C12H13Cl2N3O. The van der Waals surface area contributed by atoms with Crippen molar-refractivity contribution in [1.82, 2.24) is 9.78 Å². The van der Waals surface area contributed by atoms with Gasteiger partial charge in [-0.25, -0.2) is 0 Å². The van der Waals surface area contributed by atoms with Gasteiger partial charge >= 0.3 is 0 Å². The van der Waals surface area contributed by atoms with Crippen molar-refractivity contribution in [2.45, 2.75) is 6.04 Å². The van der Waals surface area contributed by atoms with E-state index >= 15 is 0 Å². The van der Waals surface area contributed by atoms with Gasteiger partial charge < -0.3 is 10.5 Å². The average Bonchev–Trinajstić information content (AvgIpc) is 2.69. The highest BCUT2D eigenvalue weighted by Gasteiger charge is 2.20. The van der Waals surface area contributed by atoms with Gasteiger partial charge in [-0.05, 0) is 17.7 Å². The predicted molar refractivity (Wildman–Crippen MR) is 72.3 cm³/mol. The van der Waals surface area contributed by atoms with Crippen molar-refractivity contribution in [2.24, 2.45) is 12.8 Å². The summed E-state index contributed by atoms with van der Waals surface area (Å²) in [5.74, 6) is 0.635. The van der Waals surface area contributed by atoms with E-state index in [0.717, 1.165) is 11.3 Å². The van der Waals surface area contributed by atoms with Crippen molar-refractivity contribution < 1.29 is 4.74 Å². The summed E-state index contributed by atoms with van der Waals surface area (Å²) in [6.07, 6.45) is 1.62. The maximum Gasteiger partial charge on any atom is 0.161 e. The van der Waals surface area contributed by atoms with Gasteiger partial charge in [-0.15, -0.1) is 0 Å². The lowest BCUT2D eigenvalue weighted by atomic mass is 10.0. The zero-order valence-corrected chi connectivity index (χ0v) is 11.5. The fourth-order valence-corrected chi connectivity index (χ4v) is 2.37. The Hall–Kier alpha value is -1.23. The Morgan fingerprint density at radius 2 is 2.11 bits per heavy atom. The van der Waals surface area contributed by atoms with Crippen molar-refractivity contribution in [2.75, 3.05) is 7.11 Å². The zero-order valence-electron chi connectivity index (χ0n) is 10.0. The van der Waals surface area contributed by atoms with Crippen LogP contribution in [0, 0.1) is 0 Å². The standard InChI is InChI=1S/C12H13Cl2N3O/c1-17-12(10(18-2)6-16-17)11(15)8-4-3-7(13)5-9(8)14/h3-6,11H,15H2,1-2H3. The summed E-state index contributed by atoms with van der Waals surface area (Å²) in [6, 6.07) is 4.81. The minimum absolute atomic E-state index is 0.419. The number of ether oxygens (including phenoxy) is 1. The first kappa shape index (κ1) is 13.2. The van der Waals surface area contributed by atoms with Crippen LogP contribution in [0.5, 0.6) is 5.75 Å². The highest BCUT2D eigenvalue weighted by atomic mass is 35.5. The molecule has 4 nitrogen and oxygen atoms in total. The van der Waals surface area contributed by atoms with Crippen LogP contribution in [0.3, 0.4) is 0 Å². The summed E-state index contributed by atoms with van der Waals surface area (Å²) in [5.41, 5.74) is 7.77. The first-order valence-electron chi connectivity index (χ1n) is 5.31. The number of nitrogens with two attached hydrogens (primary N) is 1. The molecule has 1 aromatic carbocycles. The fourth-order valence-electron chi connectivity index (χ4n) is 1.84. The Balaban J connectivity index is 2.47. The van der Waals surface area contributed by atoms with Crippen molar-refractivity contribution in [1.29, 1.82) is 0 Å².